The lowest BCUT2D eigenvalue weighted by molar-refractivity contribution is -0.117. The zero-order valence-electron chi connectivity index (χ0n) is 21.6. The number of hydrogen-bond acceptors (Lipinski definition) is 7. The highest BCUT2D eigenvalue weighted by Gasteiger charge is 2.32. The van der Waals surface area contributed by atoms with Gasteiger partial charge in [0.1, 0.15) is 23.8 Å². The monoisotopic (exact) mass is 529 g/mol. The number of anilines is 2. The Morgan fingerprint density at radius 3 is 2.66 bits per heavy atom. The molecule has 1 atom stereocenters. The molecule has 0 unspecified atom stereocenters. The number of halogens is 2. The van der Waals surface area contributed by atoms with Crippen molar-refractivity contribution in [2.45, 2.75) is 58.3 Å². The number of hydrogen-bond donors (Lipinski definition) is 1. The highest BCUT2D eigenvalue weighted by Crippen LogP contribution is 2.27. The van der Waals surface area contributed by atoms with Crippen LogP contribution in [0.4, 0.5) is 25.5 Å². The molecule has 2 amide bonds. The Morgan fingerprint density at radius 2 is 1.92 bits per heavy atom. The Balaban J connectivity index is 1.56. The van der Waals surface area contributed by atoms with E-state index in [1.54, 1.807) is 20.8 Å². The van der Waals surface area contributed by atoms with Crippen LogP contribution in [0.3, 0.4) is 0 Å². The molecule has 1 saturated heterocycles. The molecule has 5 rings (SSSR count). The van der Waals surface area contributed by atoms with Gasteiger partial charge < -0.3 is 15.0 Å². The SMILES string of the molecule is CN1C(=O)Cn2c1nc1nc(N3CCC[C@@H](NC(=O)OC(C)(C)C)C3)n(Cc3cc(F)ccc3F)c1c2=O. The van der Waals surface area contributed by atoms with E-state index in [1.165, 1.54) is 21.1 Å². The quantitative estimate of drug-likeness (QED) is 0.552. The third-order valence-electron chi connectivity index (χ3n) is 6.55. The lowest BCUT2D eigenvalue weighted by Crippen LogP contribution is -2.49. The van der Waals surface area contributed by atoms with E-state index >= 15 is 0 Å². The fourth-order valence-electron chi connectivity index (χ4n) is 4.82. The molecule has 1 aromatic carbocycles. The normalized spacial score (nSPS) is 17.7. The van der Waals surface area contributed by atoms with Crippen molar-refractivity contribution in [1.82, 2.24) is 24.4 Å². The second kappa shape index (κ2) is 9.37. The first kappa shape index (κ1) is 25.6. The van der Waals surface area contributed by atoms with E-state index in [9.17, 15) is 23.2 Å². The molecule has 202 valence electrons. The minimum absolute atomic E-state index is 0.0316. The van der Waals surface area contributed by atoms with Crippen LogP contribution in [0.15, 0.2) is 23.0 Å². The fraction of sp³-hybridized carbons (Fsp3) is 0.480. The number of carbonyl (C=O) groups is 2. The van der Waals surface area contributed by atoms with Gasteiger partial charge in [-0.2, -0.15) is 9.97 Å². The van der Waals surface area contributed by atoms with Gasteiger partial charge in [-0.1, -0.05) is 0 Å². The summed E-state index contributed by atoms with van der Waals surface area (Å²) in [5.74, 6) is -1.04. The van der Waals surface area contributed by atoms with Crippen molar-refractivity contribution in [3.05, 3.63) is 45.8 Å². The highest BCUT2D eigenvalue weighted by atomic mass is 19.1. The lowest BCUT2D eigenvalue weighted by Gasteiger charge is -2.34. The van der Waals surface area contributed by atoms with Gasteiger partial charge in [-0.25, -0.2) is 13.6 Å². The number of alkyl carbamates (subject to hydrolysis) is 1. The van der Waals surface area contributed by atoms with E-state index in [-0.39, 0.29) is 47.7 Å². The van der Waals surface area contributed by atoms with Crippen LogP contribution >= 0.6 is 0 Å². The number of imidazole rings is 1. The summed E-state index contributed by atoms with van der Waals surface area (Å²) in [6.45, 7) is 5.89. The standard InChI is InChI=1S/C25H29F2N7O4/c1-25(2,3)38-24(37)28-16-6-5-9-32(12-16)23-30-20-19(21(36)34-13-18(35)31(4)22(34)29-20)33(23)11-14-10-15(26)7-8-17(14)27/h7-8,10,16H,5-6,9,11-13H2,1-4H3,(H,28,37)/t16-/m1/s1. The van der Waals surface area contributed by atoms with E-state index in [4.69, 9.17) is 4.74 Å². The van der Waals surface area contributed by atoms with Gasteiger partial charge >= 0.3 is 6.09 Å². The van der Waals surface area contributed by atoms with Crippen LogP contribution in [0.2, 0.25) is 0 Å². The topological polar surface area (TPSA) is 115 Å². The summed E-state index contributed by atoms with van der Waals surface area (Å²) in [4.78, 5) is 50.4. The molecule has 2 aliphatic heterocycles. The first-order chi connectivity index (χ1) is 17.9. The predicted molar refractivity (Wildman–Crippen MR) is 135 cm³/mol. The maximum atomic E-state index is 14.7. The molecule has 13 heteroatoms. The summed E-state index contributed by atoms with van der Waals surface area (Å²) in [6, 6.07) is 2.86. The number of carbonyl (C=O) groups excluding carboxylic acids is 2. The fourth-order valence-corrected chi connectivity index (χ4v) is 4.82. The van der Waals surface area contributed by atoms with Crippen molar-refractivity contribution in [3.63, 3.8) is 0 Å². The van der Waals surface area contributed by atoms with Gasteiger partial charge in [0.2, 0.25) is 17.8 Å². The van der Waals surface area contributed by atoms with Gasteiger partial charge in [-0.05, 0) is 51.8 Å². The van der Waals surface area contributed by atoms with Crippen LogP contribution in [-0.2, 0) is 22.6 Å². The molecule has 4 heterocycles. The second-order valence-electron chi connectivity index (χ2n) is 10.6. The molecule has 38 heavy (non-hydrogen) atoms. The van der Waals surface area contributed by atoms with Crippen LogP contribution in [0.25, 0.3) is 11.2 Å². The van der Waals surface area contributed by atoms with Gasteiger partial charge in [-0.15, -0.1) is 0 Å². The molecule has 0 spiro atoms. The summed E-state index contributed by atoms with van der Waals surface area (Å²) in [7, 11) is 1.52. The van der Waals surface area contributed by atoms with E-state index in [2.05, 4.69) is 15.3 Å². The zero-order valence-corrected chi connectivity index (χ0v) is 21.6. The number of fused-ring (bicyclic) bond motifs is 2. The summed E-state index contributed by atoms with van der Waals surface area (Å²) in [5, 5.41) is 2.88. The molecule has 3 aromatic rings. The van der Waals surface area contributed by atoms with E-state index < -0.39 is 28.9 Å². The Labute approximate surface area is 217 Å². The molecular formula is C25H29F2N7O4. The molecule has 0 saturated carbocycles. The maximum Gasteiger partial charge on any atom is 0.407 e. The number of benzene rings is 1. The number of amides is 2. The van der Waals surface area contributed by atoms with Crippen LogP contribution in [0.1, 0.15) is 39.2 Å². The number of nitrogens with one attached hydrogen (secondary N) is 1. The van der Waals surface area contributed by atoms with Gasteiger partial charge in [-0.3, -0.25) is 23.6 Å². The van der Waals surface area contributed by atoms with Crippen molar-refractivity contribution in [2.75, 3.05) is 29.9 Å². The molecule has 0 aliphatic carbocycles. The van der Waals surface area contributed by atoms with Gasteiger partial charge in [0.05, 0.1) is 6.54 Å². The first-order valence-electron chi connectivity index (χ1n) is 12.4. The van der Waals surface area contributed by atoms with E-state index in [0.29, 0.717) is 31.9 Å². The summed E-state index contributed by atoms with van der Waals surface area (Å²) in [6.07, 6.45) is 0.873. The van der Waals surface area contributed by atoms with Crippen molar-refractivity contribution in [3.8, 4) is 0 Å². The predicted octanol–water partition coefficient (Wildman–Crippen LogP) is 2.39. The van der Waals surface area contributed by atoms with Crippen LogP contribution in [0.5, 0.6) is 0 Å². The summed E-state index contributed by atoms with van der Waals surface area (Å²) in [5.41, 5.74) is -0.943. The third kappa shape index (κ3) is 4.79. The average Bonchev–Trinajstić information content (AvgIpc) is 3.33. The number of likely N-dealkylation sites (N-methyl/N-ethyl adjacent to an activating group) is 1. The minimum Gasteiger partial charge on any atom is -0.444 e. The molecule has 2 aromatic heterocycles. The van der Waals surface area contributed by atoms with E-state index in [1.807, 2.05) is 4.90 Å². The third-order valence-corrected chi connectivity index (χ3v) is 6.55. The number of rotatable bonds is 4. The number of nitrogens with zero attached hydrogens (tertiary/aromatic N) is 6. The Bertz CT molecular complexity index is 1490. The number of ether oxygens (including phenoxy) is 1. The van der Waals surface area contributed by atoms with Gasteiger partial charge in [0.25, 0.3) is 5.56 Å². The van der Waals surface area contributed by atoms with Crippen molar-refractivity contribution >= 4 is 35.1 Å². The molecule has 1 N–H and O–H groups in total. The Kier molecular flexibility index (Phi) is 6.32. The average molecular weight is 530 g/mol. The Morgan fingerprint density at radius 1 is 1.18 bits per heavy atom. The van der Waals surface area contributed by atoms with Crippen LogP contribution in [-0.4, -0.2) is 62.9 Å². The van der Waals surface area contributed by atoms with Crippen LogP contribution in [0, 0.1) is 11.6 Å². The van der Waals surface area contributed by atoms with Crippen molar-refractivity contribution < 1.29 is 23.1 Å². The number of aromatic nitrogens is 4. The molecule has 0 radical (unpaired) electrons. The molecular weight excluding hydrogens is 500 g/mol. The minimum atomic E-state index is -0.649. The highest BCUT2D eigenvalue weighted by molar-refractivity contribution is 5.95. The Hall–Kier alpha value is -4.03. The van der Waals surface area contributed by atoms with Gasteiger partial charge in [0.15, 0.2) is 11.2 Å². The molecule has 11 nitrogen and oxygen atoms in total. The lowest BCUT2D eigenvalue weighted by atomic mass is 10.1. The summed E-state index contributed by atoms with van der Waals surface area (Å²) < 4.78 is 36.8. The van der Waals surface area contributed by atoms with Crippen molar-refractivity contribution in [1.29, 1.82) is 0 Å². The smallest absolute Gasteiger partial charge is 0.407 e. The van der Waals surface area contributed by atoms with E-state index in [0.717, 1.165) is 18.2 Å². The zero-order chi connectivity index (χ0) is 27.4. The molecule has 0 bridgehead atoms. The molecule has 1 fully saturated rings. The van der Waals surface area contributed by atoms with Crippen molar-refractivity contribution in [2.24, 2.45) is 0 Å². The first-order valence-corrected chi connectivity index (χ1v) is 12.4. The summed E-state index contributed by atoms with van der Waals surface area (Å²) >= 11 is 0. The largest absolute Gasteiger partial charge is 0.444 e. The maximum absolute atomic E-state index is 14.7. The second-order valence-corrected chi connectivity index (χ2v) is 10.6. The van der Waals surface area contributed by atoms with Crippen LogP contribution < -0.4 is 20.7 Å². The number of piperidine rings is 1. The molecule has 2 aliphatic rings. The van der Waals surface area contributed by atoms with Gasteiger partial charge in [0, 0.05) is 31.7 Å².